The van der Waals surface area contributed by atoms with E-state index in [1.165, 1.54) is 19.2 Å². The molecular formula is C22H16N2O3. The fourth-order valence-electron chi connectivity index (χ4n) is 2.68. The van der Waals surface area contributed by atoms with E-state index >= 15 is 0 Å². The predicted molar refractivity (Wildman–Crippen MR) is 103 cm³/mol. The van der Waals surface area contributed by atoms with Crippen LogP contribution in [0.15, 0.2) is 72.4 Å². The molecule has 3 aromatic rings. The van der Waals surface area contributed by atoms with Gasteiger partial charge in [-0.1, -0.05) is 42.5 Å². The highest BCUT2D eigenvalue weighted by Crippen LogP contribution is 2.21. The van der Waals surface area contributed by atoms with Gasteiger partial charge in [0.05, 0.1) is 18.7 Å². The van der Waals surface area contributed by atoms with Crippen LogP contribution >= 0.6 is 0 Å². The zero-order chi connectivity index (χ0) is 19.2. The lowest BCUT2D eigenvalue weighted by atomic mass is 10.0. The van der Waals surface area contributed by atoms with Crippen LogP contribution in [0.3, 0.4) is 0 Å². The van der Waals surface area contributed by atoms with Crippen LogP contribution in [0.2, 0.25) is 0 Å². The topological polar surface area (TPSA) is 79.2 Å². The lowest BCUT2D eigenvalue weighted by Crippen LogP contribution is -2.28. The second-order valence-electron chi connectivity index (χ2n) is 5.76. The molecule has 0 spiro atoms. The summed E-state index contributed by atoms with van der Waals surface area (Å²) >= 11 is 0. The van der Waals surface area contributed by atoms with E-state index in [1.807, 2.05) is 48.5 Å². The molecule has 27 heavy (non-hydrogen) atoms. The lowest BCUT2D eigenvalue weighted by Gasteiger charge is -2.10. The number of methoxy groups -OCH3 is 1. The SMILES string of the molecule is COC(=O)/C(=C/c1cccc2ccccc12)NC(=O)c1ccc(C#N)cc1. The molecule has 0 fully saturated rings. The molecule has 0 aliphatic heterocycles. The van der Waals surface area contributed by atoms with Crippen molar-refractivity contribution in [1.29, 1.82) is 5.26 Å². The highest BCUT2D eigenvalue weighted by atomic mass is 16.5. The molecule has 0 atom stereocenters. The number of nitrogens with zero attached hydrogens (tertiary/aromatic N) is 1. The van der Waals surface area contributed by atoms with Crippen molar-refractivity contribution in [2.45, 2.75) is 0 Å². The molecule has 5 nitrogen and oxygen atoms in total. The number of hydrogen-bond acceptors (Lipinski definition) is 4. The van der Waals surface area contributed by atoms with Crippen molar-refractivity contribution >= 4 is 28.7 Å². The maximum Gasteiger partial charge on any atom is 0.354 e. The molecular weight excluding hydrogens is 340 g/mol. The maximum absolute atomic E-state index is 12.5. The van der Waals surface area contributed by atoms with Gasteiger partial charge < -0.3 is 10.1 Å². The molecule has 0 unspecified atom stereocenters. The Labute approximate surface area is 156 Å². The van der Waals surface area contributed by atoms with E-state index < -0.39 is 11.9 Å². The maximum atomic E-state index is 12.5. The van der Waals surface area contributed by atoms with Crippen molar-refractivity contribution < 1.29 is 14.3 Å². The summed E-state index contributed by atoms with van der Waals surface area (Å²) in [7, 11) is 1.26. The smallest absolute Gasteiger partial charge is 0.354 e. The number of benzene rings is 3. The summed E-state index contributed by atoms with van der Waals surface area (Å²) in [6.45, 7) is 0. The van der Waals surface area contributed by atoms with Gasteiger partial charge in [-0.05, 0) is 46.7 Å². The highest BCUT2D eigenvalue weighted by molar-refractivity contribution is 6.04. The molecule has 3 rings (SSSR count). The molecule has 1 N–H and O–H groups in total. The Morgan fingerprint density at radius 3 is 2.41 bits per heavy atom. The fourth-order valence-corrected chi connectivity index (χ4v) is 2.68. The standard InChI is InChI=1S/C22H16N2O3/c1-27-22(26)20(24-21(25)17-11-9-15(14-23)10-12-17)13-18-7-4-6-16-5-2-3-8-19(16)18/h2-13H,1H3,(H,24,25)/b20-13-. The van der Waals surface area contributed by atoms with Gasteiger partial charge in [0.25, 0.3) is 5.91 Å². The number of rotatable bonds is 4. The van der Waals surface area contributed by atoms with Crippen molar-refractivity contribution in [3.05, 3.63) is 89.1 Å². The van der Waals surface area contributed by atoms with Crippen molar-refractivity contribution in [1.82, 2.24) is 5.32 Å². The third-order valence-electron chi connectivity index (χ3n) is 4.05. The average Bonchev–Trinajstić information content (AvgIpc) is 2.72. The first kappa shape index (κ1) is 17.9. The van der Waals surface area contributed by atoms with Gasteiger partial charge in [0.2, 0.25) is 0 Å². The molecule has 0 aliphatic rings. The van der Waals surface area contributed by atoms with E-state index in [-0.39, 0.29) is 5.70 Å². The van der Waals surface area contributed by atoms with Crippen molar-refractivity contribution in [2.24, 2.45) is 0 Å². The number of nitriles is 1. The van der Waals surface area contributed by atoms with E-state index in [4.69, 9.17) is 10.00 Å². The van der Waals surface area contributed by atoms with Crippen molar-refractivity contribution in [3.8, 4) is 6.07 Å². The minimum atomic E-state index is -0.648. The first-order chi connectivity index (χ1) is 13.1. The molecule has 0 radical (unpaired) electrons. The zero-order valence-electron chi connectivity index (χ0n) is 14.6. The van der Waals surface area contributed by atoms with Crippen LogP contribution in [0.25, 0.3) is 16.8 Å². The Morgan fingerprint density at radius 2 is 1.70 bits per heavy atom. The quantitative estimate of drug-likeness (QED) is 0.572. The summed E-state index contributed by atoms with van der Waals surface area (Å²) in [6, 6.07) is 21.6. The van der Waals surface area contributed by atoms with Gasteiger partial charge in [0.15, 0.2) is 0 Å². The molecule has 5 heteroatoms. The number of amides is 1. The first-order valence-electron chi connectivity index (χ1n) is 8.21. The number of carbonyl (C=O) groups excluding carboxylic acids is 2. The molecule has 0 heterocycles. The van der Waals surface area contributed by atoms with E-state index in [2.05, 4.69) is 5.32 Å². The Morgan fingerprint density at radius 1 is 1.00 bits per heavy atom. The van der Waals surface area contributed by atoms with Gasteiger partial charge in [-0.15, -0.1) is 0 Å². The summed E-state index contributed by atoms with van der Waals surface area (Å²) in [5.74, 6) is -1.11. The molecule has 0 bridgehead atoms. The Balaban J connectivity index is 1.96. The molecule has 3 aromatic carbocycles. The monoisotopic (exact) mass is 356 g/mol. The van der Waals surface area contributed by atoms with E-state index in [9.17, 15) is 9.59 Å². The molecule has 0 saturated heterocycles. The summed E-state index contributed by atoms with van der Waals surface area (Å²) in [4.78, 5) is 24.7. The second kappa shape index (κ2) is 7.98. The van der Waals surface area contributed by atoms with Gasteiger partial charge in [-0.25, -0.2) is 4.79 Å². The zero-order valence-corrected chi connectivity index (χ0v) is 14.6. The summed E-state index contributed by atoms with van der Waals surface area (Å²) in [6.07, 6.45) is 1.59. The average molecular weight is 356 g/mol. The third-order valence-corrected chi connectivity index (χ3v) is 4.05. The van der Waals surface area contributed by atoms with E-state index in [0.29, 0.717) is 11.1 Å². The van der Waals surface area contributed by atoms with Gasteiger partial charge in [-0.3, -0.25) is 4.79 Å². The fraction of sp³-hybridized carbons (Fsp3) is 0.0455. The van der Waals surface area contributed by atoms with Crippen LogP contribution in [-0.4, -0.2) is 19.0 Å². The van der Waals surface area contributed by atoms with Crippen LogP contribution in [0.1, 0.15) is 21.5 Å². The second-order valence-corrected chi connectivity index (χ2v) is 5.76. The molecule has 0 saturated carbocycles. The van der Waals surface area contributed by atoms with Gasteiger partial charge >= 0.3 is 5.97 Å². The third kappa shape index (κ3) is 4.02. The Hall–Kier alpha value is -3.91. The van der Waals surface area contributed by atoms with Crippen LogP contribution in [0.5, 0.6) is 0 Å². The normalized spacial score (nSPS) is 10.9. The number of esters is 1. The summed E-state index contributed by atoms with van der Waals surface area (Å²) in [5, 5.41) is 13.4. The lowest BCUT2D eigenvalue weighted by molar-refractivity contribution is -0.136. The van der Waals surface area contributed by atoms with Crippen LogP contribution in [-0.2, 0) is 9.53 Å². The number of nitrogens with one attached hydrogen (secondary N) is 1. The van der Waals surface area contributed by atoms with Crippen LogP contribution < -0.4 is 5.32 Å². The van der Waals surface area contributed by atoms with Crippen molar-refractivity contribution in [2.75, 3.05) is 7.11 Å². The van der Waals surface area contributed by atoms with Gasteiger partial charge in [0, 0.05) is 5.56 Å². The first-order valence-corrected chi connectivity index (χ1v) is 8.21. The van der Waals surface area contributed by atoms with E-state index in [1.54, 1.807) is 18.2 Å². The minimum absolute atomic E-state index is 0.0308. The minimum Gasteiger partial charge on any atom is -0.464 e. The Bertz CT molecular complexity index is 1070. The number of carbonyl (C=O) groups is 2. The number of ether oxygens (including phenoxy) is 1. The highest BCUT2D eigenvalue weighted by Gasteiger charge is 2.15. The van der Waals surface area contributed by atoms with Gasteiger partial charge in [0.1, 0.15) is 5.70 Å². The van der Waals surface area contributed by atoms with Gasteiger partial charge in [-0.2, -0.15) is 5.26 Å². The van der Waals surface area contributed by atoms with Crippen LogP contribution in [0.4, 0.5) is 0 Å². The summed E-state index contributed by atoms with van der Waals surface area (Å²) < 4.78 is 4.80. The van der Waals surface area contributed by atoms with E-state index in [0.717, 1.165) is 16.3 Å². The molecule has 132 valence electrons. The Kier molecular flexibility index (Phi) is 5.29. The number of fused-ring (bicyclic) bond motifs is 1. The van der Waals surface area contributed by atoms with Crippen molar-refractivity contribution in [3.63, 3.8) is 0 Å². The number of hydrogen-bond donors (Lipinski definition) is 1. The molecule has 1 amide bonds. The molecule has 0 aromatic heterocycles. The predicted octanol–water partition coefficient (Wildman–Crippen LogP) is 3.66. The summed E-state index contributed by atoms with van der Waals surface area (Å²) in [5.41, 5.74) is 1.60. The molecule has 0 aliphatic carbocycles. The van der Waals surface area contributed by atoms with Crippen LogP contribution in [0, 0.1) is 11.3 Å². The largest absolute Gasteiger partial charge is 0.464 e.